The van der Waals surface area contributed by atoms with Gasteiger partial charge in [0, 0.05) is 46.4 Å². The molecule has 0 radical (unpaired) electrons. The van der Waals surface area contributed by atoms with Crippen molar-refractivity contribution >= 4 is 11.9 Å². The fourth-order valence-corrected chi connectivity index (χ4v) is 4.01. The Kier molecular flexibility index (Phi) is 8.96. The lowest BCUT2D eigenvalue weighted by Crippen LogP contribution is -2.47. The van der Waals surface area contributed by atoms with E-state index in [9.17, 15) is 4.79 Å². The van der Waals surface area contributed by atoms with Gasteiger partial charge in [0.2, 0.25) is 5.91 Å². The third-order valence-corrected chi connectivity index (χ3v) is 5.88. The topological polar surface area (TPSA) is 69.2 Å². The summed E-state index contributed by atoms with van der Waals surface area (Å²) < 4.78 is 5.82. The Morgan fingerprint density at radius 1 is 1.13 bits per heavy atom. The standard InChI is InChI=1S/C23H37N5O2/c1-27(2)22(29)17-26-23(25-16-21-12-6-7-14-30-21)24-15-20-11-8-13-28(20)18-19-9-4-3-5-10-19/h3-5,9-10,20-21H,6-8,11-18H2,1-2H3,(H2,24,25,26). The van der Waals surface area contributed by atoms with Crippen LogP contribution in [0.25, 0.3) is 0 Å². The summed E-state index contributed by atoms with van der Waals surface area (Å²) in [5.74, 6) is 0.697. The molecule has 3 rings (SSSR count). The monoisotopic (exact) mass is 415 g/mol. The molecule has 2 unspecified atom stereocenters. The molecule has 166 valence electrons. The lowest BCUT2D eigenvalue weighted by atomic mass is 10.1. The molecule has 1 aromatic rings. The van der Waals surface area contributed by atoms with Gasteiger partial charge in [0.05, 0.1) is 6.10 Å². The van der Waals surface area contributed by atoms with E-state index in [1.807, 2.05) is 0 Å². The summed E-state index contributed by atoms with van der Waals surface area (Å²) in [5.41, 5.74) is 1.35. The number of nitrogens with zero attached hydrogens (tertiary/aromatic N) is 3. The summed E-state index contributed by atoms with van der Waals surface area (Å²) in [6.07, 6.45) is 6.04. The molecule has 0 aliphatic carbocycles. The second kappa shape index (κ2) is 11.9. The number of nitrogens with one attached hydrogen (secondary N) is 2. The molecule has 1 amide bonds. The molecule has 2 atom stereocenters. The average Bonchev–Trinajstić information content (AvgIpc) is 3.21. The van der Waals surface area contributed by atoms with Crippen molar-refractivity contribution in [3.63, 3.8) is 0 Å². The van der Waals surface area contributed by atoms with Crippen LogP contribution in [0.4, 0.5) is 0 Å². The third kappa shape index (κ3) is 7.29. The van der Waals surface area contributed by atoms with Crippen LogP contribution in [0.1, 0.15) is 37.7 Å². The molecule has 30 heavy (non-hydrogen) atoms. The van der Waals surface area contributed by atoms with E-state index in [1.54, 1.807) is 19.0 Å². The minimum absolute atomic E-state index is 0.00316. The van der Waals surface area contributed by atoms with Crippen molar-refractivity contribution < 1.29 is 9.53 Å². The fraction of sp³-hybridized carbons (Fsp3) is 0.652. The van der Waals surface area contributed by atoms with Crippen molar-refractivity contribution in [1.29, 1.82) is 0 Å². The number of carbonyl (C=O) groups excluding carboxylic acids is 1. The van der Waals surface area contributed by atoms with Crippen molar-refractivity contribution in [2.75, 3.05) is 46.9 Å². The maximum Gasteiger partial charge on any atom is 0.243 e. The molecule has 0 aromatic heterocycles. The minimum atomic E-state index is -0.00316. The highest BCUT2D eigenvalue weighted by molar-refractivity contribution is 5.84. The molecular weight excluding hydrogens is 378 g/mol. The predicted octanol–water partition coefficient (Wildman–Crippen LogP) is 1.84. The van der Waals surface area contributed by atoms with Gasteiger partial charge in [-0.15, -0.1) is 0 Å². The van der Waals surface area contributed by atoms with Crippen molar-refractivity contribution in [2.45, 2.75) is 50.8 Å². The number of hydrogen-bond acceptors (Lipinski definition) is 4. The second-order valence-corrected chi connectivity index (χ2v) is 8.46. The van der Waals surface area contributed by atoms with E-state index in [1.165, 1.54) is 24.8 Å². The molecule has 7 nitrogen and oxygen atoms in total. The lowest BCUT2D eigenvalue weighted by Gasteiger charge is -2.27. The maximum atomic E-state index is 12.0. The van der Waals surface area contributed by atoms with Crippen molar-refractivity contribution in [2.24, 2.45) is 4.99 Å². The highest BCUT2D eigenvalue weighted by atomic mass is 16.5. The molecule has 0 saturated carbocycles. The zero-order valence-corrected chi connectivity index (χ0v) is 18.5. The first kappa shape index (κ1) is 22.6. The van der Waals surface area contributed by atoms with Gasteiger partial charge in [-0.2, -0.15) is 0 Å². The minimum Gasteiger partial charge on any atom is -0.376 e. The predicted molar refractivity (Wildman–Crippen MR) is 120 cm³/mol. The fourth-order valence-electron chi connectivity index (χ4n) is 4.01. The molecular formula is C23H37N5O2. The maximum absolute atomic E-state index is 12.0. The number of likely N-dealkylation sites (N-methyl/N-ethyl adjacent to an activating group) is 1. The van der Waals surface area contributed by atoms with Crippen LogP contribution in [0.15, 0.2) is 35.3 Å². The smallest absolute Gasteiger partial charge is 0.243 e. The molecule has 2 heterocycles. The van der Waals surface area contributed by atoms with E-state index in [-0.39, 0.29) is 18.6 Å². The molecule has 2 fully saturated rings. The van der Waals surface area contributed by atoms with Gasteiger partial charge in [-0.1, -0.05) is 30.3 Å². The largest absolute Gasteiger partial charge is 0.376 e. The molecule has 2 aliphatic rings. The molecule has 0 bridgehead atoms. The first-order valence-corrected chi connectivity index (χ1v) is 11.2. The third-order valence-electron chi connectivity index (χ3n) is 5.88. The Hall–Kier alpha value is -2.12. The summed E-state index contributed by atoms with van der Waals surface area (Å²) in [7, 11) is 3.52. The Labute approximate surface area is 180 Å². The van der Waals surface area contributed by atoms with Gasteiger partial charge in [0.15, 0.2) is 5.96 Å². The van der Waals surface area contributed by atoms with Crippen LogP contribution in [0.3, 0.4) is 0 Å². The molecule has 7 heteroatoms. The van der Waals surface area contributed by atoms with Gasteiger partial charge in [-0.25, -0.2) is 4.99 Å². The lowest BCUT2D eigenvalue weighted by molar-refractivity contribution is -0.127. The van der Waals surface area contributed by atoms with Gasteiger partial charge in [-0.3, -0.25) is 9.69 Å². The second-order valence-electron chi connectivity index (χ2n) is 8.46. The molecule has 0 spiro atoms. The zero-order valence-electron chi connectivity index (χ0n) is 18.5. The normalized spacial score (nSPS) is 22.7. The number of benzene rings is 1. The Morgan fingerprint density at radius 3 is 2.67 bits per heavy atom. The molecule has 2 saturated heterocycles. The van der Waals surface area contributed by atoms with Gasteiger partial charge < -0.3 is 20.3 Å². The Bertz CT molecular complexity index is 673. The van der Waals surface area contributed by atoms with Crippen molar-refractivity contribution in [1.82, 2.24) is 20.4 Å². The van der Waals surface area contributed by atoms with Crippen LogP contribution in [0.5, 0.6) is 0 Å². The zero-order chi connectivity index (χ0) is 21.2. The van der Waals surface area contributed by atoms with Gasteiger partial charge in [-0.05, 0) is 44.2 Å². The number of likely N-dealkylation sites (tertiary alicyclic amines) is 1. The van der Waals surface area contributed by atoms with Crippen molar-refractivity contribution in [3.8, 4) is 0 Å². The number of hydrogen-bond donors (Lipinski definition) is 2. The number of rotatable bonds is 8. The van der Waals surface area contributed by atoms with Gasteiger partial charge in [0.25, 0.3) is 0 Å². The van der Waals surface area contributed by atoms with E-state index in [0.717, 1.165) is 45.6 Å². The number of guanidine groups is 1. The summed E-state index contributed by atoms with van der Waals surface area (Å²) in [5, 5.41) is 6.88. The van der Waals surface area contributed by atoms with E-state index in [0.29, 0.717) is 12.0 Å². The van der Waals surface area contributed by atoms with Crippen LogP contribution < -0.4 is 10.6 Å². The van der Waals surface area contributed by atoms with Crippen LogP contribution in [0, 0.1) is 0 Å². The summed E-state index contributed by atoms with van der Waals surface area (Å²) >= 11 is 0. The van der Waals surface area contributed by atoms with E-state index in [4.69, 9.17) is 4.74 Å². The van der Waals surface area contributed by atoms with Gasteiger partial charge in [0.1, 0.15) is 6.54 Å². The summed E-state index contributed by atoms with van der Waals surface area (Å²) in [4.78, 5) is 20.6. The quantitative estimate of drug-likeness (QED) is 0.501. The highest BCUT2D eigenvalue weighted by Gasteiger charge is 2.24. The van der Waals surface area contributed by atoms with E-state index < -0.39 is 0 Å². The number of amides is 1. The van der Waals surface area contributed by atoms with Crippen LogP contribution >= 0.6 is 0 Å². The Balaban J connectivity index is 1.54. The average molecular weight is 416 g/mol. The first-order chi connectivity index (χ1) is 14.6. The molecule has 1 aromatic carbocycles. The summed E-state index contributed by atoms with van der Waals surface area (Å²) in [6, 6.07) is 11.1. The van der Waals surface area contributed by atoms with E-state index >= 15 is 0 Å². The van der Waals surface area contributed by atoms with Crippen LogP contribution in [-0.2, 0) is 16.1 Å². The SMILES string of the molecule is CN(C)C(=O)CN=C(NCC1CCCCO1)NCC1CCCN1Cc1ccccc1. The number of aliphatic imine (C=N–C) groups is 1. The van der Waals surface area contributed by atoms with Crippen molar-refractivity contribution in [3.05, 3.63) is 35.9 Å². The Morgan fingerprint density at radius 2 is 1.93 bits per heavy atom. The summed E-state index contributed by atoms with van der Waals surface area (Å²) in [6.45, 7) is 4.62. The highest BCUT2D eigenvalue weighted by Crippen LogP contribution is 2.19. The van der Waals surface area contributed by atoms with Crippen LogP contribution in [0.2, 0.25) is 0 Å². The molecule has 2 aliphatic heterocycles. The first-order valence-electron chi connectivity index (χ1n) is 11.2. The number of carbonyl (C=O) groups is 1. The van der Waals surface area contributed by atoms with Crippen LogP contribution in [-0.4, -0.2) is 80.7 Å². The molecule has 2 N–H and O–H groups in total. The number of ether oxygens (including phenoxy) is 1. The van der Waals surface area contributed by atoms with E-state index in [2.05, 4.69) is 50.9 Å². The van der Waals surface area contributed by atoms with Gasteiger partial charge >= 0.3 is 0 Å².